The Morgan fingerprint density at radius 1 is 1.36 bits per heavy atom. The van der Waals surface area contributed by atoms with Gasteiger partial charge < -0.3 is 15.0 Å². The van der Waals surface area contributed by atoms with E-state index in [1.807, 2.05) is 0 Å². The normalized spacial score (nSPS) is 17.5. The Bertz CT molecular complexity index is 701. The summed E-state index contributed by atoms with van der Waals surface area (Å²) in [6.07, 6.45) is 5.53. The summed E-state index contributed by atoms with van der Waals surface area (Å²) in [5.74, 6) is 0.0764. The molecular weight excluding hydrogens is 338 g/mol. The summed E-state index contributed by atoms with van der Waals surface area (Å²) in [5, 5.41) is 13.2. The van der Waals surface area contributed by atoms with Crippen LogP contribution in [-0.4, -0.2) is 30.1 Å². The van der Waals surface area contributed by atoms with E-state index in [0.29, 0.717) is 36.7 Å². The van der Waals surface area contributed by atoms with Gasteiger partial charge in [-0.05, 0) is 31.7 Å². The zero-order valence-corrected chi connectivity index (χ0v) is 15.3. The first-order valence-electron chi connectivity index (χ1n) is 8.91. The lowest BCUT2D eigenvalue weighted by molar-refractivity contribution is -0.120. The lowest BCUT2D eigenvalue weighted by Gasteiger charge is -2.25. The van der Waals surface area contributed by atoms with Crippen molar-refractivity contribution in [2.24, 2.45) is 5.92 Å². The van der Waals surface area contributed by atoms with Crippen molar-refractivity contribution >= 4 is 28.3 Å². The molecule has 0 spiro atoms. The van der Waals surface area contributed by atoms with E-state index >= 15 is 0 Å². The SMILES string of the molecule is CCOC(=O)N1CCc2c(sc(NC(=O)C3CCCCC3)c2C#N)C1. The molecule has 1 fully saturated rings. The Morgan fingerprint density at radius 3 is 2.80 bits per heavy atom. The quantitative estimate of drug-likeness (QED) is 0.891. The molecule has 6 nitrogen and oxygen atoms in total. The van der Waals surface area contributed by atoms with Crippen molar-refractivity contribution < 1.29 is 14.3 Å². The highest BCUT2D eigenvalue weighted by molar-refractivity contribution is 7.16. The number of carbonyl (C=O) groups is 2. The van der Waals surface area contributed by atoms with Gasteiger partial charge in [-0.3, -0.25) is 4.79 Å². The van der Waals surface area contributed by atoms with Crippen LogP contribution in [0.2, 0.25) is 0 Å². The number of nitriles is 1. The first-order chi connectivity index (χ1) is 12.1. The maximum Gasteiger partial charge on any atom is 0.410 e. The minimum atomic E-state index is -0.326. The van der Waals surface area contributed by atoms with Crippen molar-refractivity contribution in [2.75, 3.05) is 18.5 Å². The van der Waals surface area contributed by atoms with Crippen LogP contribution < -0.4 is 5.32 Å². The van der Waals surface area contributed by atoms with Gasteiger partial charge in [0.2, 0.25) is 5.91 Å². The molecule has 0 unspecified atom stereocenters. The second-order valence-electron chi connectivity index (χ2n) is 6.51. The van der Waals surface area contributed by atoms with Crippen LogP contribution in [0.5, 0.6) is 0 Å². The molecule has 0 radical (unpaired) electrons. The maximum atomic E-state index is 12.5. The molecule has 134 valence electrons. The summed E-state index contributed by atoms with van der Waals surface area (Å²) in [7, 11) is 0. The van der Waals surface area contributed by atoms with E-state index in [-0.39, 0.29) is 17.9 Å². The third kappa shape index (κ3) is 3.79. The number of nitrogens with one attached hydrogen (secondary N) is 1. The zero-order valence-electron chi connectivity index (χ0n) is 14.5. The van der Waals surface area contributed by atoms with E-state index in [0.717, 1.165) is 36.1 Å². The summed E-state index contributed by atoms with van der Waals surface area (Å²) < 4.78 is 5.06. The van der Waals surface area contributed by atoms with E-state index in [1.54, 1.807) is 11.8 Å². The van der Waals surface area contributed by atoms with Gasteiger partial charge in [-0.15, -0.1) is 11.3 Å². The van der Waals surface area contributed by atoms with Crippen LogP contribution in [0.3, 0.4) is 0 Å². The molecule has 1 aromatic heterocycles. The monoisotopic (exact) mass is 361 g/mol. The summed E-state index contributed by atoms with van der Waals surface area (Å²) in [4.78, 5) is 27.1. The van der Waals surface area contributed by atoms with E-state index < -0.39 is 0 Å². The predicted molar refractivity (Wildman–Crippen MR) is 95.4 cm³/mol. The number of ether oxygens (including phenoxy) is 1. The van der Waals surface area contributed by atoms with Gasteiger partial charge in [-0.1, -0.05) is 19.3 Å². The van der Waals surface area contributed by atoms with Gasteiger partial charge in [0.1, 0.15) is 11.1 Å². The van der Waals surface area contributed by atoms with Gasteiger partial charge in [0.05, 0.1) is 18.7 Å². The van der Waals surface area contributed by atoms with Crippen LogP contribution in [0.1, 0.15) is 55.0 Å². The highest BCUT2D eigenvalue weighted by Crippen LogP contribution is 2.37. The number of amides is 2. The molecular formula is C18H23N3O3S. The van der Waals surface area contributed by atoms with Crippen molar-refractivity contribution in [1.29, 1.82) is 5.26 Å². The molecule has 1 aliphatic heterocycles. The van der Waals surface area contributed by atoms with Crippen LogP contribution in [-0.2, 0) is 22.5 Å². The topological polar surface area (TPSA) is 82.4 Å². The Labute approximate surface area is 151 Å². The Balaban J connectivity index is 1.75. The molecule has 7 heteroatoms. The predicted octanol–water partition coefficient (Wildman–Crippen LogP) is 3.65. The average Bonchev–Trinajstić information content (AvgIpc) is 2.98. The van der Waals surface area contributed by atoms with Gasteiger partial charge in [-0.2, -0.15) is 5.26 Å². The third-order valence-corrected chi connectivity index (χ3v) is 6.04. The van der Waals surface area contributed by atoms with Crippen LogP contribution >= 0.6 is 11.3 Å². The lowest BCUT2D eigenvalue weighted by atomic mass is 9.89. The smallest absolute Gasteiger partial charge is 0.410 e. The second-order valence-corrected chi connectivity index (χ2v) is 7.62. The highest BCUT2D eigenvalue weighted by Gasteiger charge is 2.29. The van der Waals surface area contributed by atoms with Crippen LogP contribution in [0, 0.1) is 17.2 Å². The average molecular weight is 361 g/mol. The number of fused-ring (bicyclic) bond motifs is 1. The molecule has 0 bridgehead atoms. The largest absolute Gasteiger partial charge is 0.450 e. The van der Waals surface area contributed by atoms with Gasteiger partial charge >= 0.3 is 6.09 Å². The molecule has 1 N–H and O–H groups in total. The molecule has 0 atom stereocenters. The maximum absolute atomic E-state index is 12.5. The number of rotatable bonds is 3. The highest BCUT2D eigenvalue weighted by atomic mass is 32.1. The molecule has 1 saturated carbocycles. The minimum absolute atomic E-state index is 0.0250. The van der Waals surface area contributed by atoms with Crippen molar-refractivity contribution in [3.8, 4) is 6.07 Å². The van der Waals surface area contributed by atoms with Crippen LogP contribution in [0.25, 0.3) is 0 Å². The van der Waals surface area contributed by atoms with E-state index in [4.69, 9.17) is 4.74 Å². The van der Waals surface area contributed by atoms with Crippen molar-refractivity contribution in [3.63, 3.8) is 0 Å². The number of thiophene rings is 1. The fourth-order valence-electron chi connectivity index (χ4n) is 3.56. The molecule has 2 heterocycles. The fourth-order valence-corrected chi connectivity index (χ4v) is 4.78. The number of carbonyl (C=O) groups excluding carboxylic acids is 2. The third-order valence-electron chi connectivity index (χ3n) is 4.91. The van der Waals surface area contributed by atoms with Gasteiger partial charge in [-0.25, -0.2) is 4.79 Å². The zero-order chi connectivity index (χ0) is 17.8. The lowest BCUT2D eigenvalue weighted by Crippen LogP contribution is -2.35. The fraction of sp³-hybridized carbons (Fsp3) is 0.611. The van der Waals surface area contributed by atoms with E-state index in [2.05, 4.69) is 11.4 Å². The molecule has 1 aromatic rings. The standard InChI is InChI=1S/C18H23N3O3S/c1-2-24-18(23)21-9-8-13-14(10-19)17(25-15(13)11-21)20-16(22)12-6-4-3-5-7-12/h12H,2-9,11H2,1H3,(H,20,22). The van der Waals surface area contributed by atoms with E-state index in [1.165, 1.54) is 17.8 Å². The second kappa shape index (κ2) is 7.87. The molecule has 0 aromatic carbocycles. The summed E-state index contributed by atoms with van der Waals surface area (Å²) >= 11 is 1.41. The molecule has 0 saturated heterocycles. The molecule has 25 heavy (non-hydrogen) atoms. The number of anilines is 1. The van der Waals surface area contributed by atoms with Gasteiger partial charge in [0.15, 0.2) is 0 Å². The Morgan fingerprint density at radius 2 is 2.12 bits per heavy atom. The van der Waals surface area contributed by atoms with Gasteiger partial charge in [0.25, 0.3) is 0 Å². The molecule has 1 aliphatic carbocycles. The molecule has 2 aliphatic rings. The molecule has 3 rings (SSSR count). The minimum Gasteiger partial charge on any atom is -0.450 e. The first-order valence-corrected chi connectivity index (χ1v) is 9.72. The summed E-state index contributed by atoms with van der Waals surface area (Å²) in [5.41, 5.74) is 1.53. The Hall–Kier alpha value is -2.07. The summed E-state index contributed by atoms with van der Waals surface area (Å²) in [6.45, 7) is 3.10. The number of hydrogen-bond donors (Lipinski definition) is 1. The Kier molecular flexibility index (Phi) is 5.59. The van der Waals surface area contributed by atoms with Gasteiger partial charge in [0, 0.05) is 17.3 Å². The summed E-state index contributed by atoms with van der Waals surface area (Å²) in [6, 6.07) is 2.24. The van der Waals surface area contributed by atoms with Crippen molar-refractivity contribution in [3.05, 3.63) is 16.0 Å². The number of nitrogens with zero attached hydrogens (tertiary/aromatic N) is 2. The molecule has 2 amide bonds. The van der Waals surface area contributed by atoms with Crippen LogP contribution in [0.15, 0.2) is 0 Å². The van der Waals surface area contributed by atoms with Crippen molar-refractivity contribution in [1.82, 2.24) is 4.90 Å². The van der Waals surface area contributed by atoms with Crippen LogP contribution in [0.4, 0.5) is 9.80 Å². The first kappa shape index (κ1) is 17.7. The number of hydrogen-bond acceptors (Lipinski definition) is 5. The van der Waals surface area contributed by atoms with Crippen molar-refractivity contribution in [2.45, 2.75) is 52.0 Å². The van der Waals surface area contributed by atoms with E-state index in [9.17, 15) is 14.9 Å².